The number of carbonyl (C=O) groups is 2. The van der Waals surface area contributed by atoms with Crippen molar-refractivity contribution >= 4 is 23.2 Å². The summed E-state index contributed by atoms with van der Waals surface area (Å²) in [6.45, 7) is 4.41. The first-order valence-corrected chi connectivity index (χ1v) is 8.51. The fraction of sp³-hybridized carbons (Fsp3) is 0.353. The zero-order valence-electron chi connectivity index (χ0n) is 15.7. The van der Waals surface area contributed by atoms with Crippen molar-refractivity contribution in [3.63, 3.8) is 0 Å². The molecule has 142 valence electrons. The van der Waals surface area contributed by atoms with Gasteiger partial charge in [0.05, 0.1) is 18.5 Å². The van der Waals surface area contributed by atoms with Crippen molar-refractivity contribution in [1.29, 1.82) is 0 Å². The van der Waals surface area contributed by atoms with Gasteiger partial charge in [-0.3, -0.25) is 9.48 Å². The third kappa shape index (κ3) is 3.38. The first kappa shape index (κ1) is 18.5. The lowest BCUT2D eigenvalue weighted by atomic mass is 10.2. The van der Waals surface area contributed by atoms with Crippen molar-refractivity contribution in [2.75, 3.05) is 25.2 Å². The summed E-state index contributed by atoms with van der Waals surface area (Å²) in [4.78, 5) is 29.8. The highest BCUT2D eigenvalue weighted by Crippen LogP contribution is 2.22. The molecule has 27 heavy (non-hydrogen) atoms. The molecule has 0 saturated heterocycles. The molecule has 0 aliphatic rings. The molecule has 0 bridgehead atoms. The van der Waals surface area contributed by atoms with E-state index in [0.717, 1.165) is 0 Å². The Morgan fingerprint density at radius 3 is 2.74 bits per heavy atom. The monoisotopic (exact) mass is 371 g/mol. The van der Waals surface area contributed by atoms with Crippen LogP contribution in [-0.2, 0) is 11.8 Å². The van der Waals surface area contributed by atoms with Crippen LogP contribution in [0.2, 0.25) is 0 Å². The van der Waals surface area contributed by atoms with Crippen LogP contribution in [0, 0.1) is 0 Å². The second kappa shape index (κ2) is 7.54. The smallest absolute Gasteiger partial charge is 0.342 e. The van der Waals surface area contributed by atoms with E-state index in [9.17, 15) is 9.59 Å². The van der Waals surface area contributed by atoms with Crippen LogP contribution in [0.3, 0.4) is 0 Å². The van der Waals surface area contributed by atoms with Crippen molar-refractivity contribution in [3.05, 3.63) is 42.1 Å². The molecule has 10 nitrogen and oxygen atoms in total. The number of ether oxygens (including phenoxy) is 1. The highest BCUT2D eigenvalue weighted by molar-refractivity contribution is 6.10. The first-order valence-electron chi connectivity index (χ1n) is 8.51. The van der Waals surface area contributed by atoms with Crippen molar-refractivity contribution in [1.82, 2.24) is 29.4 Å². The molecule has 0 saturated carbocycles. The Morgan fingerprint density at radius 2 is 2.04 bits per heavy atom. The Kier molecular flexibility index (Phi) is 5.17. The van der Waals surface area contributed by atoms with Gasteiger partial charge in [-0.2, -0.15) is 10.2 Å². The highest BCUT2D eigenvalue weighted by atomic mass is 16.5. The van der Waals surface area contributed by atoms with Crippen LogP contribution >= 0.6 is 0 Å². The summed E-state index contributed by atoms with van der Waals surface area (Å²) in [5, 5.41) is 11.4. The van der Waals surface area contributed by atoms with Gasteiger partial charge in [0.25, 0.3) is 5.91 Å². The highest BCUT2D eigenvalue weighted by Gasteiger charge is 2.30. The van der Waals surface area contributed by atoms with E-state index >= 15 is 0 Å². The molecule has 3 rings (SSSR count). The van der Waals surface area contributed by atoms with E-state index < -0.39 is 11.9 Å². The van der Waals surface area contributed by atoms with Gasteiger partial charge in [0, 0.05) is 32.9 Å². The summed E-state index contributed by atoms with van der Waals surface area (Å²) in [7, 11) is 3.40. The number of aromatic nitrogens is 5. The Balaban J connectivity index is 2.07. The number of hydrogen-bond acceptors (Lipinski definition) is 7. The average Bonchev–Trinajstić information content (AvgIpc) is 3.27. The van der Waals surface area contributed by atoms with E-state index in [1.54, 1.807) is 48.9 Å². The quantitative estimate of drug-likeness (QED) is 0.473. The van der Waals surface area contributed by atoms with E-state index in [0.29, 0.717) is 17.9 Å². The summed E-state index contributed by atoms with van der Waals surface area (Å²) >= 11 is 0. The molecule has 0 N–H and O–H groups in total. The number of rotatable bonds is 6. The number of esters is 1. The molecule has 3 heterocycles. The predicted octanol–water partition coefficient (Wildman–Crippen LogP) is 1.15. The standard InChI is InChI=1S/C17H21N7O3/c1-5-21(3)24(12-7-8-23-14(9-12)18-11-20-23)16(25)15-13(10-19-22(15)4)17(26)27-6-2/h7-11H,5-6H2,1-4H3. The fourth-order valence-electron chi connectivity index (χ4n) is 2.70. The summed E-state index contributed by atoms with van der Waals surface area (Å²) in [5.74, 6) is -0.979. The third-order valence-corrected chi connectivity index (χ3v) is 4.14. The number of carbonyl (C=O) groups excluding carboxylic acids is 2. The van der Waals surface area contributed by atoms with Gasteiger partial charge in [-0.1, -0.05) is 6.92 Å². The summed E-state index contributed by atoms with van der Waals surface area (Å²) in [5.41, 5.74) is 1.48. The Bertz CT molecular complexity index is 978. The average molecular weight is 371 g/mol. The normalized spacial score (nSPS) is 11.1. The molecular weight excluding hydrogens is 350 g/mol. The van der Waals surface area contributed by atoms with Crippen molar-refractivity contribution in [2.45, 2.75) is 13.8 Å². The number of amides is 1. The van der Waals surface area contributed by atoms with Crippen molar-refractivity contribution < 1.29 is 14.3 Å². The molecule has 1 amide bonds. The molecule has 0 atom stereocenters. The molecule has 0 unspecified atom stereocenters. The summed E-state index contributed by atoms with van der Waals surface area (Å²) in [6, 6.07) is 3.50. The number of hydrogen-bond donors (Lipinski definition) is 0. The van der Waals surface area contributed by atoms with Crippen LogP contribution in [0.25, 0.3) is 5.65 Å². The van der Waals surface area contributed by atoms with Gasteiger partial charge in [0.2, 0.25) is 0 Å². The van der Waals surface area contributed by atoms with Gasteiger partial charge < -0.3 is 4.74 Å². The Labute approximate surface area is 155 Å². The molecular formula is C17H21N7O3. The molecule has 0 radical (unpaired) electrons. The van der Waals surface area contributed by atoms with Crippen LogP contribution in [0.5, 0.6) is 0 Å². The van der Waals surface area contributed by atoms with Gasteiger partial charge in [-0.15, -0.1) is 0 Å². The number of hydrazine groups is 1. The molecule has 3 aromatic heterocycles. The molecule has 0 fully saturated rings. The predicted molar refractivity (Wildman–Crippen MR) is 97.3 cm³/mol. The lowest BCUT2D eigenvalue weighted by Crippen LogP contribution is -2.45. The second-order valence-electron chi connectivity index (χ2n) is 5.79. The number of nitrogens with zero attached hydrogens (tertiary/aromatic N) is 7. The molecule has 3 aromatic rings. The number of fused-ring (bicyclic) bond motifs is 1. The number of aryl methyl sites for hydroxylation is 1. The van der Waals surface area contributed by atoms with E-state index in [2.05, 4.69) is 15.2 Å². The maximum absolute atomic E-state index is 13.4. The topological polar surface area (TPSA) is 97.9 Å². The number of pyridine rings is 1. The molecule has 0 aromatic carbocycles. The van der Waals surface area contributed by atoms with Gasteiger partial charge >= 0.3 is 5.97 Å². The molecule has 0 spiro atoms. The third-order valence-electron chi connectivity index (χ3n) is 4.14. The van der Waals surface area contributed by atoms with Crippen LogP contribution in [0.15, 0.2) is 30.9 Å². The van der Waals surface area contributed by atoms with Crippen molar-refractivity contribution in [2.24, 2.45) is 7.05 Å². The molecule has 10 heteroatoms. The minimum Gasteiger partial charge on any atom is -0.462 e. The van der Waals surface area contributed by atoms with Gasteiger partial charge in [0.1, 0.15) is 17.6 Å². The number of anilines is 1. The maximum Gasteiger partial charge on any atom is 0.342 e. The lowest BCUT2D eigenvalue weighted by Gasteiger charge is -2.31. The van der Waals surface area contributed by atoms with E-state index in [1.807, 2.05) is 6.92 Å². The second-order valence-corrected chi connectivity index (χ2v) is 5.79. The zero-order chi connectivity index (χ0) is 19.6. The summed E-state index contributed by atoms with van der Waals surface area (Å²) in [6.07, 6.45) is 4.50. The Hall–Kier alpha value is -3.27. The molecule has 0 aliphatic carbocycles. The van der Waals surface area contributed by atoms with Crippen LogP contribution in [-0.4, -0.2) is 61.5 Å². The maximum atomic E-state index is 13.4. The van der Waals surface area contributed by atoms with E-state index in [4.69, 9.17) is 4.74 Å². The van der Waals surface area contributed by atoms with Crippen LogP contribution in [0.1, 0.15) is 34.7 Å². The lowest BCUT2D eigenvalue weighted by molar-refractivity contribution is 0.0522. The fourth-order valence-corrected chi connectivity index (χ4v) is 2.70. The van der Waals surface area contributed by atoms with Gasteiger partial charge in [0.15, 0.2) is 5.65 Å². The van der Waals surface area contributed by atoms with Gasteiger partial charge in [-0.05, 0) is 13.0 Å². The van der Waals surface area contributed by atoms with E-state index in [-0.39, 0.29) is 17.9 Å². The van der Waals surface area contributed by atoms with E-state index in [1.165, 1.54) is 22.2 Å². The zero-order valence-corrected chi connectivity index (χ0v) is 15.7. The summed E-state index contributed by atoms with van der Waals surface area (Å²) < 4.78 is 8.03. The van der Waals surface area contributed by atoms with Crippen LogP contribution < -0.4 is 5.01 Å². The van der Waals surface area contributed by atoms with Crippen LogP contribution in [0.4, 0.5) is 5.69 Å². The minimum absolute atomic E-state index is 0.127. The SMILES string of the molecule is CCOC(=O)c1cnn(C)c1C(=O)N(c1ccn2ncnc2c1)N(C)CC. The minimum atomic E-state index is -0.582. The van der Waals surface area contributed by atoms with Crippen molar-refractivity contribution in [3.8, 4) is 0 Å². The first-order chi connectivity index (χ1) is 13.0. The Morgan fingerprint density at radius 1 is 1.26 bits per heavy atom. The van der Waals surface area contributed by atoms with Gasteiger partial charge in [-0.25, -0.2) is 24.3 Å². The largest absolute Gasteiger partial charge is 0.462 e. The molecule has 0 aliphatic heterocycles.